The first-order chi connectivity index (χ1) is 11.7. The van der Waals surface area contributed by atoms with E-state index in [0.29, 0.717) is 25.7 Å². The zero-order valence-electron chi connectivity index (χ0n) is 14.0. The molecule has 0 aliphatic rings. The fourth-order valence-corrected chi connectivity index (χ4v) is 2.03. The molecular formula is C18H22F2IN3O. The Morgan fingerprint density at radius 3 is 2.56 bits per heavy atom. The zero-order valence-corrected chi connectivity index (χ0v) is 16.3. The summed E-state index contributed by atoms with van der Waals surface area (Å²) in [5.41, 5.74) is 0.215. The average Bonchev–Trinajstić information content (AvgIpc) is 2.60. The summed E-state index contributed by atoms with van der Waals surface area (Å²) in [6.07, 6.45) is 0. The van der Waals surface area contributed by atoms with E-state index in [-0.39, 0.29) is 36.1 Å². The van der Waals surface area contributed by atoms with Crippen LogP contribution in [-0.4, -0.2) is 25.7 Å². The molecule has 0 aliphatic carbocycles. The third kappa shape index (κ3) is 7.68. The van der Waals surface area contributed by atoms with Gasteiger partial charge in [-0.2, -0.15) is 0 Å². The van der Waals surface area contributed by atoms with Crippen LogP contribution in [-0.2, 0) is 6.54 Å². The van der Waals surface area contributed by atoms with Crippen molar-refractivity contribution in [2.75, 3.05) is 19.7 Å². The van der Waals surface area contributed by atoms with Gasteiger partial charge in [-0.3, -0.25) is 0 Å². The standard InChI is InChI=1S/C18H21F2N3O.HI/c1-2-21-18(22-10-11-24-16-6-4-3-5-7-16)23-13-14-12-15(19)8-9-17(14)20;/h3-9,12H,2,10-11,13H2,1H3,(H2,21,22,23);1H. The number of benzene rings is 2. The monoisotopic (exact) mass is 461 g/mol. The predicted molar refractivity (Wildman–Crippen MR) is 107 cm³/mol. The van der Waals surface area contributed by atoms with E-state index in [1.165, 1.54) is 0 Å². The van der Waals surface area contributed by atoms with Crippen molar-refractivity contribution in [1.29, 1.82) is 0 Å². The van der Waals surface area contributed by atoms with Crippen LogP contribution in [0, 0.1) is 11.6 Å². The highest BCUT2D eigenvalue weighted by Gasteiger charge is 2.04. The van der Waals surface area contributed by atoms with Crippen molar-refractivity contribution in [3.05, 3.63) is 65.7 Å². The molecule has 0 aromatic heterocycles. The van der Waals surface area contributed by atoms with Crippen LogP contribution in [0.25, 0.3) is 0 Å². The maximum atomic E-state index is 13.6. The lowest BCUT2D eigenvalue weighted by Crippen LogP contribution is -2.39. The normalized spacial score (nSPS) is 10.8. The Bertz CT molecular complexity index is 669. The summed E-state index contributed by atoms with van der Waals surface area (Å²) in [6.45, 7) is 3.64. The third-order valence-corrected chi connectivity index (χ3v) is 3.17. The Kier molecular flexibility index (Phi) is 9.83. The second kappa shape index (κ2) is 11.6. The van der Waals surface area contributed by atoms with Gasteiger partial charge in [0.15, 0.2) is 5.96 Å². The van der Waals surface area contributed by atoms with Crippen LogP contribution in [0.3, 0.4) is 0 Å². The number of halogens is 3. The largest absolute Gasteiger partial charge is 0.492 e. The van der Waals surface area contributed by atoms with Gasteiger partial charge in [-0.25, -0.2) is 13.8 Å². The Morgan fingerprint density at radius 1 is 1.08 bits per heavy atom. The summed E-state index contributed by atoms with van der Waals surface area (Å²) >= 11 is 0. The van der Waals surface area contributed by atoms with E-state index in [4.69, 9.17) is 4.74 Å². The molecular weight excluding hydrogens is 439 g/mol. The minimum atomic E-state index is -0.476. The van der Waals surface area contributed by atoms with Gasteiger partial charge in [0.2, 0.25) is 0 Å². The van der Waals surface area contributed by atoms with E-state index in [1.807, 2.05) is 37.3 Å². The molecule has 4 nitrogen and oxygen atoms in total. The fraction of sp³-hybridized carbons (Fsp3) is 0.278. The number of para-hydroxylation sites is 1. The number of nitrogens with zero attached hydrogens (tertiary/aromatic N) is 1. The maximum Gasteiger partial charge on any atom is 0.191 e. The van der Waals surface area contributed by atoms with Gasteiger partial charge in [-0.15, -0.1) is 24.0 Å². The van der Waals surface area contributed by atoms with E-state index < -0.39 is 11.6 Å². The molecule has 136 valence electrons. The molecule has 25 heavy (non-hydrogen) atoms. The second-order valence-corrected chi connectivity index (χ2v) is 5.02. The molecule has 0 aliphatic heterocycles. The van der Waals surface area contributed by atoms with Crippen LogP contribution >= 0.6 is 24.0 Å². The smallest absolute Gasteiger partial charge is 0.191 e. The molecule has 0 bridgehead atoms. The summed E-state index contributed by atoms with van der Waals surface area (Å²) in [5, 5.41) is 6.15. The van der Waals surface area contributed by atoms with Gasteiger partial charge in [0.1, 0.15) is 24.0 Å². The molecule has 0 atom stereocenters. The van der Waals surface area contributed by atoms with E-state index >= 15 is 0 Å². The highest BCUT2D eigenvalue weighted by Crippen LogP contribution is 2.10. The number of hydrogen-bond donors (Lipinski definition) is 2. The summed E-state index contributed by atoms with van der Waals surface area (Å²) in [6, 6.07) is 12.8. The topological polar surface area (TPSA) is 45.7 Å². The molecule has 7 heteroatoms. The molecule has 2 aromatic carbocycles. The molecule has 0 saturated heterocycles. The summed E-state index contributed by atoms with van der Waals surface area (Å²) < 4.78 is 32.3. The van der Waals surface area contributed by atoms with Crippen LogP contribution in [0.5, 0.6) is 5.75 Å². The van der Waals surface area contributed by atoms with Crippen LogP contribution in [0.1, 0.15) is 12.5 Å². The number of aliphatic imine (C=N–C) groups is 1. The van der Waals surface area contributed by atoms with Crippen LogP contribution in [0.2, 0.25) is 0 Å². The number of nitrogens with one attached hydrogen (secondary N) is 2. The van der Waals surface area contributed by atoms with Crippen LogP contribution < -0.4 is 15.4 Å². The molecule has 0 amide bonds. The van der Waals surface area contributed by atoms with Crippen molar-refractivity contribution in [3.63, 3.8) is 0 Å². The van der Waals surface area contributed by atoms with E-state index in [0.717, 1.165) is 23.9 Å². The molecule has 2 rings (SSSR count). The molecule has 0 fully saturated rings. The lowest BCUT2D eigenvalue weighted by atomic mass is 10.2. The van der Waals surface area contributed by atoms with Crippen molar-refractivity contribution in [2.24, 2.45) is 4.99 Å². The Morgan fingerprint density at radius 2 is 1.84 bits per heavy atom. The van der Waals surface area contributed by atoms with Gasteiger partial charge in [0, 0.05) is 12.1 Å². The maximum absolute atomic E-state index is 13.6. The molecule has 0 unspecified atom stereocenters. The fourth-order valence-electron chi connectivity index (χ4n) is 2.03. The molecule has 2 aromatic rings. The van der Waals surface area contributed by atoms with Gasteiger partial charge in [0.25, 0.3) is 0 Å². The minimum absolute atomic E-state index is 0. The van der Waals surface area contributed by atoms with Gasteiger partial charge < -0.3 is 15.4 Å². The van der Waals surface area contributed by atoms with Gasteiger partial charge in [-0.05, 0) is 37.3 Å². The number of hydrogen-bond acceptors (Lipinski definition) is 2. The van der Waals surface area contributed by atoms with E-state index in [2.05, 4.69) is 15.6 Å². The van der Waals surface area contributed by atoms with Crippen molar-refractivity contribution < 1.29 is 13.5 Å². The highest BCUT2D eigenvalue weighted by molar-refractivity contribution is 14.0. The van der Waals surface area contributed by atoms with Crippen LogP contribution in [0.4, 0.5) is 8.78 Å². The lowest BCUT2D eigenvalue weighted by molar-refractivity contribution is 0.322. The first kappa shape index (κ1) is 21.1. The van der Waals surface area contributed by atoms with Crippen molar-refractivity contribution in [1.82, 2.24) is 10.6 Å². The van der Waals surface area contributed by atoms with Crippen molar-refractivity contribution in [2.45, 2.75) is 13.5 Å². The number of guanidine groups is 1. The SMILES string of the molecule is CCNC(=NCc1cc(F)ccc1F)NCCOc1ccccc1.I. The van der Waals surface area contributed by atoms with E-state index in [9.17, 15) is 8.78 Å². The third-order valence-electron chi connectivity index (χ3n) is 3.17. The number of ether oxygens (including phenoxy) is 1. The Labute approximate surface area is 163 Å². The first-order valence-electron chi connectivity index (χ1n) is 7.83. The predicted octanol–water partition coefficient (Wildman–Crippen LogP) is 3.72. The molecule has 2 N–H and O–H groups in total. The average molecular weight is 461 g/mol. The number of rotatable bonds is 7. The Hall–Kier alpha value is -1.90. The van der Waals surface area contributed by atoms with E-state index in [1.54, 1.807) is 0 Å². The first-order valence-corrected chi connectivity index (χ1v) is 7.83. The molecule has 0 saturated carbocycles. The lowest BCUT2D eigenvalue weighted by Gasteiger charge is -2.12. The van der Waals surface area contributed by atoms with Crippen molar-refractivity contribution in [3.8, 4) is 5.75 Å². The van der Waals surface area contributed by atoms with Gasteiger partial charge in [-0.1, -0.05) is 18.2 Å². The van der Waals surface area contributed by atoms with Gasteiger partial charge in [0.05, 0.1) is 13.1 Å². The molecule has 0 heterocycles. The summed E-state index contributed by atoms with van der Waals surface area (Å²) in [7, 11) is 0. The summed E-state index contributed by atoms with van der Waals surface area (Å²) in [5.74, 6) is 0.375. The van der Waals surface area contributed by atoms with Gasteiger partial charge >= 0.3 is 0 Å². The quantitative estimate of drug-likeness (QED) is 0.286. The summed E-state index contributed by atoms with van der Waals surface area (Å²) in [4.78, 5) is 4.26. The van der Waals surface area contributed by atoms with Crippen molar-refractivity contribution >= 4 is 29.9 Å². The highest BCUT2D eigenvalue weighted by atomic mass is 127. The second-order valence-electron chi connectivity index (χ2n) is 5.02. The van der Waals surface area contributed by atoms with Crippen LogP contribution in [0.15, 0.2) is 53.5 Å². The molecule has 0 radical (unpaired) electrons. The Balaban J connectivity index is 0.00000312. The minimum Gasteiger partial charge on any atom is -0.492 e. The molecule has 0 spiro atoms. The zero-order chi connectivity index (χ0) is 17.2.